The predicted octanol–water partition coefficient (Wildman–Crippen LogP) is 3.49. The van der Waals surface area contributed by atoms with Crippen molar-refractivity contribution in [3.63, 3.8) is 0 Å². The highest BCUT2D eigenvalue weighted by Gasteiger charge is 2.60. The maximum absolute atomic E-state index is 12.8. The van der Waals surface area contributed by atoms with E-state index < -0.39 is 36.0 Å². The van der Waals surface area contributed by atoms with Crippen molar-refractivity contribution in [2.24, 2.45) is 11.8 Å². The number of esters is 2. The molecule has 0 bridgehead atoms. The Labute approximate surface area is 181 Å². The van der Waals surface area contributed by atoms with Gasteiger partial charge < -0.3 is 28.4 Å². The van der Waals surface area contributed by atoms with E-state index in [1.165, 1.54) is 28.4 Å². The Hall–Kier alpha value is -3.42. The van der Waals surface area contributed by atoms with Gasteiger partial charge in [-0.15, -0.1) is 0 Å². The summed E-state index contributed by atoms with van der Waals surface area (Å²) in [5.41, 5.74) is 1.27. The lowest BCUT2D eigenvalue weighted by Crippen LogP contribution is -2.19. The first-order valence-electron chi connectivity index (χ1n) is 9.37. The summed E-state index contributed by atoms with van der Waals surface area (Å²) in [4.78, 5) is 25.5. The average Bonchev–Trinajstić information content (AvgIpc) is 3.30. The Morgan fingerprint density at radius 2 is 0.968 bits per heavy atom. The zero-order valence-corrected chi connectivity index (χ0v) is 17.0. The molecule has 0 radical (unpaired) electrons. The van der Waals surface area contributed by atoms with Crippen molar-refractivity contribution in [3.05, 3.63) is 47.5 Å². The molecule has 2 fully saturated rings. The lowest BCUT2D eigenvalue weighted by molar-refractivity contribution is -0.154. The summed E-state index contributed by atoms with van der Waals surface area (Å²) in [5, 5.41) is 0. The number of fused-ring (bicyclic) bond motifs is 1. The minimum Gasteiger partial charge on any atom is -0.493 e. The molecule has 0 saturated carbocycles. The third-order valence-electron chi connectivity index (χ3n) is 5.54. The summed E-state index contributed by atoms with van der Waals surface area (Å²) in [6, 6.07) is 10.3. The number of methoxy groups -OCH3 is 4. The summed E-state index contributed by atoms with van der Waals surface area (Å²) >= 11 is 0. The summed E-state index contributed by atoms with van der Waals surface area (Å²) < 4.78 is 32.4. The molecule has 0 aliphatic carbocycles. The second-order valence-electron chi connectivity index (χ2n) is 7.00. The Morgan fingerprint density at radius 1 is 0.613 bits per heavy atom. The molecule has 8 heteroatoms. The largest absolute Gasteiger partial charge is 0.493 e. The lowest BCUT2D eigenvalue weighted by Gasteiger charge is -2.17. The molecule has 4 rings (SSSR count). The van der Waals surface area contributed by atoms with Gasteiger partial charge in [-0.3, -0.25) is 9.59 Å². The Balaban J connectivity index is 0.00000272. The average molecular weight is 430 g/mol. The predicted molar refractivity (Wildman–Crippen MR) is 110 cm³/mol. The van der Waals surface area contributed by atoms with Crippen LogP contribution in [0.1, 0.15) is 30.8 Å². The first-order valence-corrected chi connectivity index (χ1v) is 9.37. The number of cyclic esters (lactones) is 2. The van der Waals surface area contributed by atoms with Gasteiger partial charge in [-0.2, -0.15) is 0 Å². The van der Waals surface area contributed by atoms with Crippen molar-refractivity contribution in [3.8, 4) is 23.0 Å². The van der Waals surface area contributed by atoms with E-state index >= 15 is 0 Å². The van der Waals surface area contributed by atoms with E-state index in [-0.39, 0.29) is 7.43 Å². The van der Waals surface area contributed by atoms with Gasteiger partial charge in [-0.05, 0) is 35.4 Å². The zero-order valence-electron chi connectivity index (χ0n) is 17.0. The number of benzene rings is 2. The number of rotatable bonds is 6. The molecule has 0 aromatic heterocycles. The number of carbonyl (C=O) groups excluding carboxylic acids is 2. The van der Waals surface area contributed by atoms with Crippen LogP contribution in [0.5, 0.6) is 23.0 Å². The lowest BCUT2D eigenvalue weighted by atomic mass is 9.84. The molecule has 31 heavy (non-hydrogen) atoms. The van der Waals surface area contributed by atoms with Crippen molar-refractivity contribution in [1.29, 1.82) is 0 Å². The minimum atomic E-state index is -0.764. The third kappa shape index (κ3) is 3.62. The standard InChI is InChI=1S/C22H22O8.CH4/c1-25-13-7-5-11(9-15(13)27-3)19-17-18(22(24)29-19)20(30-21(17)23)12-6-8-14(26-2)16(10-12)28-4;/h5-10,17-20H,1-4H3;1H4/t17?,18?,19-,20-;/m1./s1. The van der Waals surface area contributed by atoms with Crippen LogP contribution in [0.15, 0.2) is 36.4 Å². The van der Waals surface area contributed by atoms with Gasteiger partial charge in [0.2, 0.25) is 0 Å². The molecular formula is C23H26O8. The van der Waals surface area contributed by atoms with Gasteiger partial charge >= 0.3 is 11.9 Å². The molecule has 8 nitrogen and oxygen atoms in total. The number of hydrogen-bond acceptors (Lipinski definition) is 8. The van der Waals surface area contributed by atoms with Crippen LogP contribution in [0, 0.1) is 11.8 Å². The van der Waals surface area contributed by atoms with Crippen molar-refractivity contribution in [2.45, 2.75) is 19.6 Å². The quantitative estimate of drug-likeness (QED) is 0.644. The van der Waals surface area contributed by atoms with Gasteiger partial charge in [0.15, 0.2) is 23.0 Å². The van der Waals surface area contributed by atoms with Gasteiger partial charge in [0.1, 0.15) is 24.0 Å². The van der Waals surface area contributed by atoms with Crippen molar-refractivity contribution < 1.29 is 38.0 Å². The summed E-state index contributed by atoms with van der Waals surface area (Å²) in [6.45, 7) is 0. The molecule has 2 aliphatic heterocycles. The Kier molecular flexibility index (Phi) is 6.29. The third-order valence-corrected chi connectivity index (χ3v) is 5.54. The van der Waals surface area contributed by atoms with Crippen LogP contribution in [0.2, 0.25) is 0 Å². The van der Waals surface area contributed by atoms with Crippen molar-refractivity contribution in [2.75, 3.05) is 28.4 Å². The monoisotopic (exact) mass is 430 g/mol. The van der Waals surface area contributed by atoms with Gasteiger partial charge in [0.25, 0.3) is 0 Å². The van der Waals surface area contributed by atoms with Gasteiger partial charge in [0.05, 0.1) is 28.4 Å². The van der Waals surface area contributed by atoms with Crippen molar-refractivity contribution in [1.82, 2.24) is 0 Å². The topological polar surface area (TPSA) is 89.5 Å². The molecule has 0 spiro atoms. The van der Waals surface area contributed by atoms with Crippen LogP contribution >= 0.6 is 0 Å². The highest BCUT2D eigenvalue weighted by molar-refractivity contribution is 5.89. The van der Waals surface area contributed by atoms with E-state index in [9.17, 15) is 9.59 Å². The second-order valence-corrected chi connectivity index (χ2v) is 7.00. The van der Waals surface area contributed by atoms with E-state index in [4.69, 9.17) is 28.4 Å². The molecule has 2 heterocycles. The van der Waals surface area contributed by atoms with Crippen molar-refractivity contribution >= 4 is 11.9 Å². The molecule has 2 unspecified atom stereocenters. The normalized spacial score (nSPS) is 23.9. The highest BCUT2D eigenvalue weighted by atomic mass is 16.6. The molecule has 0 amide bonds. The molecule has 166 valence electrons. The van der Waals surface area contributed by atoms with Crippen LogP contribution in [0.4, 0.5) is 0 Å². The zero-order chi connectivity index (χ0) is 21.4. The molecule has 2 aromatic rings. The van der Waals surface area contributed by atoms with E-state index in [0.717, 1.165) is 0 Å². The second kappa shape index (κ2) is 8.75. The maximum Gasteiger partial charge on any atom is 0.314 e. The molecule has 4 atom stereocenters. The molecule has 0 N–H and O–H groups in total. The highest BCUT2D eigenvalue weighted by Crippen LogP contribution is 2.52. The maximum atomic E-state index is 12.8. The fourth-order valence-electron chi connectivity index (χ4n) is 4.08. The molecule has 2 saturated heterocycles. The summed E-state index contributed by atoms with van der Waals surface area (Å²) in [7, 11) is 6.10. The van der Waals surface area contributed by atoms with Crippen LogP contribution in [0.25, 0.3) is 0 Å². The number of hydrogen-bond donors (Lipinski definition) is 0. The van der Waals surface area contributed by atoms with E-state index in [1.807, 2.05) is 0 Å². The van der Waals surface area contributed by atoms with Crippen LogP contribution < -0.4 is 18.9 Å². The smallest absolute Gasteiger partial charge is 0.314 e. The first kappa shape index (κ1) is 22.3. The number of carbonyl (C=O) groups is 2. The van der Waals surface area contributed by atoms with Gasteiger partial charge in [0, 0.05) is 0 Å². The Morgan fingerprint density at radius 3 is 1.29 bits per heavy atom. The van der Waals surface area contributed by atoms with Gasteiger partial charge in [-0.1, -0.05) is 19.6 Å². The first-order chi connectivity index (χ1) is 14.5. The van der Waals surface area contributed by atoms with E-state index in [2.05, 4.69) is 0 Å². The Bertz CT molecular complexity index is 906. The SMILES string of the molecule is C.COc1ccc([C@H]2OC(=O)C3C2C(=O)O[C@@H]3c2ccc(OC)c(OC)c2)cc1OC. The molecule has 2 aliphatic rings. The molecule has 2 aromatic carbocycles. The fraction of sp³-hybridized carbons (Fsp3) is 0.391. The minimum absolute atomic E-state index is 0. The summed E-state index contributed by atoms with van der Waals surface area (Å²) in [5.74, 6) is -0.425. The fourth-order valence-corrected chi connectivity index (χ4v) is 4.08. The van der Waals surface area contributed by atoms with E-state index in [0.29, 0.717) is 34.1 Å². The summed E-state index contributed by atoms with van der Waals surface area (Å²) in [6.07, 6.45) is -1.53. The van der Waals surface area contributed by atoms with Gasteiger partial charge in [-0.25, -0.2) is 0 Å². The van der Waals surface area contributed by atoms with Crippen LogP contribution in [-0.4, -0.2) is 40.4 Å². The molecular weight excluding hydrogens is 404 g/mol. The van der Waals surface area contributed by atoms with Crippen LogP contribution in [-0.2, 0) is 19.1 Å². The number of ether oxygens (including phenoxy) is 6. The van der Waals surface area contributed by atoms with Crippen LogP contribution in [0.3, 0.4) is 0 Å². The van der Waals surface area contributed by atoms with E-state index in [1.54, 1.807) is 36.4 Å².